The number of nitrogens with zero attached hydrogens (tertiary/aromatic N) is 4. The fourth-order valence-corrected chi connectivity index (χ4v) is 4.80. The third-order valence-electron chi connectivity index (χ3n) is 6.24. The highest BCUT2D eigenvalue weighted by Crippen LogP contribution is 2.46. The SMILES string of the molecule is N#CC1=C(CN2CCOCC2)NC(c2ccccn2)=NC12CCCc1ccccc12. The minimum Gasteiger partial charge on any atom is -0.379 e. The predicted octanol–water partition coefficient (Wildman–Crippen LogP) is 2.77. The number of rotatable bonds is 3. The van der Waals surface area contributed by atoms with Crippen molar-refractivity contribution in [3.63, 3.8) is 0 Å². The van der Waals surface area contributed by atoms with Crippen molar-refractivity contribution in [1.29, 1.82) is 5.26 Å². The van der Waals surface area contributed by atoms with Crippen molar-refractivity contribution in [2.45, 2.75) is 24.8 Å². The maximum Gasteiger partial charge on any atom is 0.152 e. The fraction of sp³-hybridized carbons (Fsp3) is 0.375. The van der Waals surface area contributed by atoms with Gasteiger partial charge in [0.2, 0.25) is 0 Å². The Kier molecular flexibility index (Phi) is 5.07. The van der Waals surface area contributed by atoms with Crippen LogP contribution in [0.2, 0.25) is 0 Å². The van der Waals surface area contributed by atoms with Crippen LogP contribution in [-0.4, -0.2) is 48.6 Å². The Bertz CT molecular complexity index is 1030. The lowest BCUT2D eigenvalue weighted by atomic mass is 9.71. The minimum absolute atomic E-state index is 0.649. The molecule has 1 aromatic heterocycles. The van der Waals surface area contributed by atoms with Gasteiger partial charge in [0.05, 0.1) is 24.9 Å². The van der Waals surface area contributed by atoms with E-state index in [4.69, 9.17) is 9.73 Å². The molecule has 1 unspecified atom stereocenters. The monoisotopic (exact) mass is 399 g/mol. The Morgan fingerprint density at radius 3 is 2.77 bits per heavy atom. The number of hydrogen-bond acceptors (Lipinski definition) is 6. The Morgan fingerprint density at radius 2 is 1.97 bits per heavy atom. The van der Waals surface area contributed by atoms with Gasteiger partial charge in [0, 0.05) is 31.5 Å². The summed E-state index contributed by atoms with van der Waals surface area (Å²) in [5.74, 6) is 0.745. The molecule has 152 valence electrons. The standard InChI is InChI=1S/C24H25N5O/c25-16-20-22(17-29-12-14-30-15-13-29)27-23(21-9-3-4-11-26-21)28-24(20)10-5-7-18-6-1-2-8-19(18)24/h1-4,6,8-9,11H,5,7,10,12-15,17H2,(H,27,28). The minimum atomic E-state index is -0.649. The number of pyridine rings is 1. The first-order valence-corrected chi connectivity index (χ1v) is 10.6. The number of aromatic nitrogens is 1. The molecule has 30 heavy (non-hydrogen) atoms. The molecule has 0 bridgehead atoms. The maximum absolute atomic E-state index is 10.3. The Hall–Kier alpha value is -3.01. The summed E-state index contributed by atoms with van der Waals surface area (Å²) in [6.45, 7) is 3.86. The van der Waals surface area contributed by atoms with Crippen molar-refractivity contribution in [1.82, 2.24) is 15.2 Å². The summed E-state index contributed by atoms with van der Waals surface area (Å²) in [5.41, 5.74) is 4.27. The van der Waals surface area contributed by atoms with E-state index in [1.54, 1.807) is 6.20 Å². The highest BCUT2D eigenvalue weighted by molar-refractivity contribution is 5.99. The van der Waals surface area contributed by atoms with Crippen molar-refractivity contribution in [3.8, 4) is 6.07 Å². The smallest absolute Gasteiger partial charge is 0.152 e. The molecule has 1 saturated heterocycles. The van der Waals surface area contributed by atoms with E-state index in [1.807, 2.05) is 18.2 Å². The Balaban J connectivity index is 1.66. The summed E-state index contributed by atoms with van der Waals surface area (Å²) in [4.78, 5) is 12.1. The summed E-state index contributed by atoms with van der Waals surface area (Å²) in [6, 6.07) is 16.8. The third-order valence-corrected chi connectivity index (χ3v) is 6.24. The first-order valence-electron chi connectivity index (χ1n) is 10.6. The molecule has 1 aromatic carbocycles. The number of nitriles is 1. The zero-order valence-electron chi connectivity index (χ0n) is 17.0. The molecule has 1 N–H and O–H groups in total. The molecule has 1 atom stereocenters. The maximum atomic E-state index is 10.3. The van der Waals surface area contributed by atoms with Gasteiger partial charge in [-0.05, 0) is 42.5 Å². The van der Waals surface area contributed by atoms with Crippen LogP contribution in [0.15, 0.2) is 64.9 Å². The van der Waals surface area contributed by atoms with Crippen LogP contribution in [0.4, 0.5) is 0 Å². The lowest BCUT2D eigenvalue weighted by Crippen LogP contribution is -2.46. The molecule has 6 nitrogen and oxygen atoms in total. The van der Waals surface area contributed by atoms with E-state index in [1.165, 1.54) is 5.56 Å². The van der Waals surface area contributed by atoms with Gasteiger partial charge in [0.25, 0.3) is 0 Å². The van der Waals surface area contributed by atoms with Crippen LogP contribution in [-0.2, 0) is 16.7 Å². The lowest BCUT2D eigenvalue weighted by molar-refractivity contribution is 0.0416. The van der Waals surface area contributed by atoms with Crippen molar-refractivity contribution in [2.75, 3.05) is 32.8 Å². The van der Waals surface area contributed by atoms with E-state index >= 15 is 0 Å². The van der Waals surface area contributed by atoms with Gasteiger partial charge in [0.1, 0.15) is 11.2 Å². The molecule has 0 radical (unpaired) electrons. The summed E-state index contributed by atoms with van der Waals surface area (Å²) in [7, 11) is 0. The molecule has 0 saturated carbocycles. The summed E-state index contributed by atoms with van der Waals surface area (Å²) >= 11 is 0. The molecule has 3 aliphatic rings. The van der Waals surface area contributed by atoms with E-state index in [2.05, 4.69) is 45.5 Å². The van der Waals surface area contributed by atoms with Crippen LogP contribution in [0.25, 0.3) is 0 Å². The highest BCUT2D eigenvalue weighted by Gasteiger charge is 2.44. The first-order chi connectivity index (χ1) is 14.8. The number of aryl methyl sites for hydroxylation is 1. The molecule has 5 rings (SSSR count). The van der Waals surface area contributed by atoms with Crippen LogP contribution in [0.1, 0.15) is 29.7 Å². The first kappa shape index (κ1) is 19.0. The van der Waals surface area contributed by atoms with Gasteiger partial charge in [-0.15, -0.1) is 0 Å². The number of benzene rings is 1. The Labute approximate surface area is 176 Å². The number of morpholine rings is 1. The van der Waals surface area contributed by atoms with Gasteiger partial charge in [-0.1, -0.05) is 30.3 Å². The van der Waals surface area contributed by atoms with Crippen molar-refractivity contribution in [2.24, 2.45) is 4.99 Å². The van der Waals surface area contributed by atoms with Crippen molar-refractivity contribution < 1.29 is 4.74 Å². The average Bonchev–Trinajstić information content (AvgIpc) is 2.81. The molecule has 6 heteroatoms. The fourth-order valence-electron chi connectivity index (χ4n) is 4.80. The largest absolute Gasteiger partial charge is 0.379 e. The number of aliphatic imine (C=N–C) groups is 1. The van der Waals surface area contributed by atoms with Crippen molar-refractivity contribution in [3.05, 3.63) is 76.8 Å². The van der Waals surface area contributed by atoms with Crippen LogP contribution >= 0.6 is 0 Å². The van der Waals surface area contributed by atoms with Crippen LogP contribution in [0.3, 0.4) is 0 Å². The van der Waals surface area contributed by atoms with E-state index < -0.39 is 5.54 Å². The van der Waals surface area contributed by atoms with E-state index in [0.717, 1.165) is 73.9 Å². The van der Waals surface area contributed by atoms with Gasteiger partial charge in [-0.25, -0.2) is 4.99 Å². The van der Waals surface area contributed by atoms with Crippen LogP contribution in [0.5, 0.6) is 0 Å². The second-order valence-corrected chi connectivity index (χ2v) is 8.03. The van der Waals surface area contributed by atoms with E-state index in [9.17, 15) is 5.26 Å². The highest BCUT2D eigenvalue weighted by atomic mass is 16.5. The lowest BCUT2D eigenvalue weighted by Gasteiger charge is -2.41. The quantitative estimate of drug-likeness (QED) is 0.859. The molecular formula is C24H25N5O. The Morgan fingerprint density at radius 1 is 1.13 bits per heavy atom. The van der Waals surface area contributed by atoms with Gasteiger partial charge in [-0.3, -0.25) is 9.88 Å². The summed E-state index contributed by atoms with van der Waals surface area (Å²) < 4.78 is 5.51. The van der Waals surface area contributed by atoms with Crippen LogP contribution < -0.4 is 5.32 Å². The second-order valence-electron chi connectivity index (χ2n) is 8.03. The van der Waals surface area contributed by atoms with Gasteiger partial charge in [-0.2, -0.15) is 5.26 Å². The topological polar surface area (TPSA) is 73.5 Å². The number of ether oxygens (including phenoxy) is 1. The number of fused-ring (bicyclic) bond motifs is 2. The van der Waals surface area contributed by atoms with Crippen molar-refractivity contribution >= 4 is 5.84 Å². The molecule has 1 aliphatic carbocycles. The number of amidine groups is 1. The van der Waals surface area contributed by atoms with E-state index in [0.29, 0.717) is 6.54 Å². The molecular weight excluding hydrogens is 374 g/mol. The second kappa shape index (κ2) is 8.02. The molecule has 3 heterocycles. The van der Waals surface area contributed by atoms with Gasteiger partial charge in [0.15, 0.2) is 5.84 Å². The molecule has 1 fully saturated rings. The molecule has 2 aromatic rings. The van der Waals surface area contributed by atoms with Gasteiger partial charge < -0.3 is 10.1 Å². The summed E-state index contributed by atoms with van der Waals surface area (Å²) in [5, 5.41) is 13.8. The average molecular weight is 399 g/mol. The molecule has 0 amide bonds. The summed E-state index contributed by atoms with van der Waals surface area (Å²) in [6.07, 6.45) is 4.65. The number of hydrogen-bond donors (Lipinski definition) is 1. The van der Waals surface area contributed by atoms with E-state index in [-0.39, 0.29) is 0 Å². The number of nitrogens with one attached hydrogen (secondary N) is 1. The van der Waals surface area contributed by atoms with Crippen LogP contribution in [0, 0.1) is 11.3 Å². The normalized spacial score (nSPS) is 24.0. The zero-order valence-corrected chi connectivity index (χ0v) is 17.0. The molecule has 2 aliphatic heterocycles. The third kappa shape index (κ3) is 3.30. The van der Waals surface area contributed by atoms with Gasteiger partial charge >= 0.3 is 0 Å². The predicted molar refractivity (Wildman–Crippen MR) is 115 cm³/mol. The molecule has 1 spiro atoms. The zero-order chi connectivity index (χ0) is 20.4.